The van der Waals surface area contributed by atoms with Crippen LogP contribution in [-0.4, -0.2) is 4.98 Å². The van der Waals surface area contributed by atoms with Gasteiger partial charge in [0, 0.05) is 18.5 Å². The van der Waals surface area contributed by atoms with Crippen molar-refractivity contribution >= 4 is 5.76 Å². The van der Waals surface area contributed by atoms with E-state index in [0.29, 0.717) is 5.56 Å². The Labute approximate surface area is 92.7 Å². The van der Waals surface area contributed by atoms with Crippen LogP contribution in [0.4, 0.5) is 0 Å². The molecule has 0 saturated heterocycles. The third-order valence-corrected chi connectivity index (χ3v) is 1.16. The molecular formula is C8H5N2NaO. The molecule has 0 atom stereocenters. The van der Waals surface area contributed by atoms with Gasteiger partial charge in [-0.3, -0.25) is 4.98 Å². The molecule has 0 aliphatic carbocycles. The number of aromatic nitrogens is 1. The SMILES string of the molecule is N#CC=C([O-])c1ccncc1.[Na+]. The van der Waals surface area contributed by atoms with E-state index in [-0.39, 0.29) is 35.3 Å². The van der Waals surface area contributed by atoms with Crippen molar-refractivity contribution in [2.24, 2.45) is 0 Å². The first kappa shape index (κ1) is 11.2. The van der Waals surface area contributed by atoms with E-state index in [4.69, 9.17) is 5.26 Å². The molecular weight excluding hydrogens is 163 g/mol. The third-order valence-electron chi connectivity index (χ3n) is 1.16. The molecule has 0 spiro atoms. The van der Waals surface area contributed by atoms with Gasteiger partial charge in [-0.1, -0.05) is 5.76 Å². The normalized spacial score (nSPS) is 9.75. The molecule has 54 valence electrons. The van der Waals surface area contributed by atoms with Crippen LogP contribution in [0.1, 0.15) is 5.56 Å². The van der Waals surface area contributed by atoms with E-state index in [1.807, 2.05) is 0 Å². The minimum atomic E-state index is -0.282. The quantitative estimate of drug-likeness (QED) is 0.260. The molecule has 0 radical (unpaired) electrons. The number of hydrogen-bond donors (Lipinski definition) is 0. The van der Waals surface area contributed by atoms with Crippen LogP contribution in [0.5, 0.6) is 0 Å². The predicted octanol–water partition coefficient (Wildman–Crippen LogP) is -2.69. The van der Waals surface area contributed by atoms with Gasteiger partial charge in [0.15, 0.2) is 0 Å². The van der Waals surface area contributed by atoms with Gasteiger partial charge in [-0.15, -0.1) is 0 Å². The largest absolute Gasteiger partial charge is 1.00 e. The average Bonchev–Trinajstić information content (AvgIpc) is 2.07. The first-order valence-corrected chi connectivity index (χ1v) is 3.02. The fourth-order valence-corrected chi connectivity index (χ4v) is 0.658. The molecule has 0 saturated carbocycles. The number of nitrogens with zero attached hydrogens (tertiary/aromatic N) is 2. The Hall–Kier alpha value is -0.820. The van der Waals surface area contributed by atoms with Crippen LogP contribution >= 0.6 is 0 Å². The second-order valence-corrected chi connectivity index (χ2v) is 1.87. The summed E-state index contributed by atoms with van der Waals surface area (Å²) in [5, 5.41) is 19.1. The number of pyridine rings is 1. The fourth-order valence-electron chi connectivity index (χ4n) is 0.658. The van der Waals surface area contributed by atoms with Gasteiger partial charge in [0.05, 0.1) is 6.07 Å². The molecule has 0 aromatic carbocycles. The zero-order chi connectivity index (χ0) is 8.10. The van der Waals surface area contributed by atoms with Crippen molar-refractivity contribution < 1.29 is 34.7 Å². The van der Waals surface area contributed by atoms with Crippen molar-refractivity contribution in [3.8, 4) is 6.07 Å². The summed E-state index contributed by atoms with van der Waals surface area (Å²) in [7, 11) is 0. The number of allylic oxidation sites excluding steroid dienone is 1. The molecule has 0 unspecified atom stereocenters. The van der Waals surface area contributed by atoms with Crippen LogP contribution in [0.25, 0.3) is 5.76 Å². The monoisotopic (exact) mass is 168 g/mol. The summed E-state index contributed by atoms with van der Waals surface area (Å²) in [6.07, 6.45) is 3.99. The Morgan fingerprint density at radius 2 is 2.08 bits per heavy atom. The van der Waals surface area contributed by atoms with Gasteiger partial charge >= 0.3 is 29.6 Å². The molecule has 1 rings (SSSR count). The van der Waals surface area contributed by atoms with Gasteiger partial charge in [-0.2, -0.15) is 5.26 Å². The van der Waals surface area contributed by atoms with Crippen LogP contribution < -0.4 is 34.7 Å². The molecule has 3 nitrogen and oxygen atoms in total. The van der Waals surface area contributed by atoms with Gasteiger partial charge in [0.2, 0.25) is 0 Å². The maximum atomic E-state index is 10.9. The van der Waals surface area contributed by atoms with Crippen LogP contribution in [-0.2, 0) is 0 Å². The van der Waals surface area contributed by atoms with Crippen molar-refractivity contribution in [3.63, 3.8) is 0 Å². The Morgan fingerprint density at radius 3 is 2.58 bits per heavy atom. The molecule has 0 aliphatic rings. The molecule has 1 heterocycles. The van der Waals surface area contributed by atoms with Crippen molar-refractivity contribution in [1.29, 1.82) is 5.26 Å². The summed E-state index contributed by atoms with van der Waals surface area (Å²) >= 11 is 0. The molecule has 0 bridgehead atoms. The maximum Gasteiger partial charge on any atom is 1.00 e. The van der Waals surface area contributed by atoms with E-state index >= 15 is 0 Å². The minimum Gasteiger partial charge on any atom is -0.872 e. The molecule has 0 amide bonds. The minimum absolute atomic E-state index is 0. The zero-order valence-electron chi connectivity index (χ0n) is 6.69. The standard InChI is InChI=1S/C8H6N2O.Na/c9-4-1-8(11)7-2-5-10-6-3-7;/h1-3,5-6,11H;/q;+1/p-1. The van der Waals surface area contributed by atoms with Crippen molar-refractivity contribution in [2.45, 2.75) is 0 Å². The molecule has 1 aromatic heterocycles. The fraction of sp³-hybridized carbons (Fsp3) is 0. The van der Waals surface area contributed by atoms with Crippen molar-refractivity contribution in [3.05, 3.63) is 36.2 Å². The topological polar surface area (TPSA) is 59.7 Å². The summed E-state index contributed by atoms with van der Waals surface area (Å²) in [6, 6.07) is 4.80. The van der Waals surface area contributed by atoms with Crippen LogP contribution in [0.15, 0.2) is 30.6 Å². The summed E-state index contributed by atoms with van der Waals surface area (Å²) in [6.45, 7) is 0. The average molecular weight is 168 g/mol. The summed E-state index contributed by atoms with van der Waals surface area (Å²) in [5.74, 6) is -0.282. The van der Waals surface area contributed by atoms with Gasteiger partial charge < -0.3 is 5.11 Å². The molecule has 12 heavy (non-hydrogen) atoms. The van der Waals surface area contributed by atoms with E-state index < -0.39 is 0 Å². The molecule has 4 heteroatoms. The van der Waals surface area contributed by atoms with Crippen molar-refractivity contribution in [1.82, 2.24) is 4.98 Å². The summed E-state index contributed by atoms with van der Waals surface area (Å²) < 4.78 is 0. The van der Waals surface area contributed by atoms with E-state index in [0.717, 1.165) is 6.08 Å². The van der Waals surface area contributed by atoms with Crippen LogP contribution in [0.3, 0.4) is 0 Å². The van der Waals surface area contributed by atoms with Gasteiger partial charge in [-0.25, -0.2) is 0 Å². The zero-order valence-corrected chi connectivity index (χ0v) is 8.69. The molecule has 1 aromatic rings. The van der Waals surface area contributed by atoms with Crippen molar-refractivity contribution in [2.75, 3.05) is 0 Å². The first-order chi connectivity index (χ1) is 5.34. The van der Waals surface area contributed by atoms with Gasteiger partial charge in [0.1, 0.15) is 0 Å². The predicted molar refractivity (Wildman–Crippen MR) is 37.8 cm³/mol. The van der Waals surface area contributed by atoms with Gasteiger partial charge in [-0.05, 0) is 17.7 Å². The number of rotatable bonds is 1. The van der Waals surface area contributed by atoms with Crippen LogP contribution in [0, 0.1) is 11.3 Å². The molecule has 0 fully saturated rings. The van der Waals surface area contributed by atoms with E-state index in [9.17, 15) is 5.11 Å². The van der Waals surface area contributed by atoms with E-state index in [2.05, 4.69) is 4.98 Å². The maximum absolute atomic E-state index is 10.9. The Morgan fingerprint density at radius 1 is 1.50 bits per heavy atom. The van der Waals surface area contributed by atoms with Crippen LogP contribution in [0.2, 0.25) is 0 Å². The smallest absolute Gasteiger partial charge is 0.872 e. The Kier molecular flexibility index (Phi) is 5.39. The third kappa shape index (κ3) is 3.05. The second-order valence-electron chi connectivity index (χ2n) is 1.87. The first-order valence-electron chi connectivity index (χ1n) is 3.02. The van der Waals surface area contributed by atoms with E-state index in [1.54, 1.807) is 18.2 Å². The summed E-state index contributed by atoms with van der Waals surface area (Å²) in [5.41, 5.74) is 0.488. The Bertz CT molecular complexity index is 303. The number of nitriles is 1. The second kappa shape index (κ2) is 5.78. The Balaban J connectivity index is 0.00000121. The van der Waals surface area contributed by atoms with Gasteiger partial charge in [0.25, 0.3) is 0 Å². The summed E-state index contributed by atoms with van der Waals surface area (Å²) in [4.78, 5) is 3.74. The van der Waals surface area contributed by atoms with E-state index in [1.165, 1.54) is 12.4 Å². The molecule has 0 aliphatic heterocycles. The number of hydrogen-bond acceptors (Lipinski definition) is 3. The molecule has 0 N–H and O–H groups in total.